The van der Waals surface area contributed by atoms with Crippen LogP contribution in [0, 0.1) is 0 Å². The summed E-state index contributed by atoms with van der Waals surface area (Å²) in [6, 6.07) is 0. The van der Waals surface area contributed by atoms with Gasteiger partial charge in [0, 0.05) is 13.2 Å². The van der Waals surface area contributed by atoms with Gasteiger partial charge in [-0.1, -0.05) is 11.8 Å². The maximum atomic E-state index is 11.6. The minimum absolute atomic E-state index is 0.218. The molecular weight excluding hydrogens is 318 g/mol. The van der Waals surface area contributed by atoms with E-state index in [1.165, 1.54) is 11.8 Å². The van der Waals surface area contributed by atoms with Crippen molar-refractivity contribution in [3.8, 4) is 0 Å². The third-order valence-corrected chi connectivity index (χ3v) is 3.49. The van der Waals surface area contributed by atoms with Gasteiger partial charge in [0.15, 0.2) is 0 Å². The van der Waals surface area contributed by atoms with E-state index in [1.54, 1.807) is 13.2 Å². The van der Waals surface area contributed by atoms with Crippen LogP contribution in [-0.2, 0) is 9.53 Å². The van der Waals surface area contributed by atoms with Crippen molar-refractivity contribution in [1.82, 2.24) is 9.97 Å². The summed E-state index contributed by atoms with van der Waals surface area (Å²) in [6.45, 7) is 5.53. The summed E-state index contributed by atoms with van der Waals surface area (Å²) in [5.74, 6) is 0.477. The molecule has 0 amide bonds. The fourth-order valence-electron chi connectivity index (χ4n) is 1.07. The largest absolute Gasteiger partial charge is 0.459 e. The number of thioether (sulfide) groups is 1. The highest BCUT2D eigenvalue weighted by Crippen LogP contribution is 2.26. The van der Waals surface area contributed by atoms with Crippen molar-refractivity contribution in [2.75, 3.05) is 18.1 Å². The summed E-state index contributed by atoms with van der Waals surface area (Å²) in [5.41, 5.74) is -0.462. The van der Waals surface area contributed by atoms with Crippen molar-refractivity contribution in [3.05, 3.63) is 10.7 Å². The normalized spacial score (nSPS) is 11.2. The third kappa shape index (κ3) is 5.22. The van der Waals surface area contributed by atoms with Gasteiger partial charge in [-0.05, 0) is 36.7 Å². The summed E-state index contributed by atoms with van der Waals surface area (Å²) < 4.78 is 5.98. The molecule has 0 spiro atoms. The average molecular weight is 334 g/mol. The number of aromatic nitrogens is 2. The van der Waals surface area contributed by atoms with Gasteiger partial charge in [0.2, 0.25) is 5.95 Å². The van der Waals surface area contributed by atoms with Crippen LogP contribution in [0.1, 0.15) is 20.8 Å². The fraction of sp³-hybridized carbons (Fsp3) is 0.545. The van der Waals surface area contributed by atoms with E-state index < -0.39 is 5.60 Å². The Morgan fingerprint density at radius 2 is 2.22 bits per heavy atom. The number of carbonyl (C=O) groups is 1. The smallest absolute Gasteiger partial charge is 0.316 e. The Kier molecular flexibility index (Phi) is 5.40. The molecule has 1 aromatic heterocycles. The number of nitrogens with zero attached hydrogens (tertiary/aromatic N) is 2. The zero-order valence-corrected chi connectivity index (χ0v) is 13.2. The molecule has 0 saturated heterocycles. The van der Waals surface area contributed by atoms with E-state index >= 15 is 0 Å². The first-order valence-electron chi connectivity index (χ1n) is 5.37. The number of hydrogen-bond donors (Lipinski definition) is 1. The molecule has 0 aliphatic heterocycles. The van der Waals surface area contributed by atoms with Crippen molar-refractivity contribution >= 4 is 39.6 Å². The quantitative estimate of drug-likeness (QED) is 0.519. The molecule has 18 heavy (non-hydrogen) atoms. The molecule has 0 aliphatic carbocycles. The zero-order valence-electron chi connectivity index (χ0n) is 10.8. The highest BCUT2D eigenvalue weighted by atomic mass is 79.9. The van der Waals surface area contributed by atoms with Crippen LogP contribution >= 0.6 is 27.7 Å². The molecule has 1 aromatic rings. The Morgan fingerprint density at radius 3 is 2.78 bits per heavy atom. The minimum atomic E-state index is -0.462. The lowest BCUT2D eigenvalue weighted by Gasteiger charge is -2.19. The van der Waals surface area contributed by atoms with Gasteiger partial charge in [0.05, 0.1) is 10.2 Å². The maximum Gasteiger partial charge on any atom is 0.316 e. The van der Waals surface area contributed by atoms with Crippen molar-refractivity contribution in [1.29, 1.82) is 0 Å². The second kappa shape index (κ2) is 6.38. The molecule has 0 radical (unpaired) electrons. The molecule has 0 atom stereocenters. The number of hydrogen-bond acceptors (Lipinski definition) is 6. The van der Waals surface area contributed by atoms with Crippen LogP contribution in [0.25, 0.3) is 0 Å². The van der Waals surface area contributed by atoms with E-state index in [0.29, 0.717) is 11.0 Å². The molecule has 0 bridgehead atoms. The Bertz CT molecular complexity index is 435. The monoisotopic (exact) mass is 333 g/mol. The topological polar surface area (TPSA) is 64.1 Å². The molecule has 1 rings (SSSR count). The Labute approximate surface area is 119 Å². The number of ether oxygens (including phenoxy) is 1. The van der Waals surface area contributed by atoms with Crippen LogP contribution < -0.4 is 5.32 Å². The van der Waals surface area contributed by atoms with Crippen LogP contribution in [0.5, 0.6) is 0 Å². The predicted octanol–water partition coefficient (Wildman–Crippen LogP) is 2.71. The average Bonchev–Trinajstić information content (AvgIpc) is 2.25. The van der Waals surface area contributed by atoms with Gasteiger partial charge >= 0.3 is 5.97 Å². The number of rotatable bonds is 4. The van der Waals surface area contributed by atoms with E-state index in [2.05, 4.69) is 31.2 Å². The van der Waals surface area contributed by atoms with Crippen molar-refractivity contribution in [2.45, 2.75) is 31.4 Å². The molecule has 0 unspecified atom stereocenters. The first-order valence-corrected chi connectivity index (χ1v) is 7.14. The van der Waals surface area contributed by atoms with Crippen molar-refractivity contribution in [2.24, 2.45) is 0 Å². The van der Waals surface area contributed by atoms with Crippen LogP contribution in [0.3, 0.4) is 0 Å². The minimum Gasteiger partial charge on any atom is -0.459 e. The molecule has 7 heteroatoms. The summed E-state index contributed by atoms with van der Waals surface area (Å²) in [6.07, 6.45) is 1.65. The van der Waals surface area contributed by atoms with Gasteiger partial charge in [0.25, 0.3) is 0 Å². The second-order valence-electron chi connectivity index (χ2n) is 4.47. The predicted molar refractivity (Wildman–Crippen MR) is 75.8 cm³/mol. The van der Waals surface area contributed by atoms with E-state index in [9.17, 15) is 4.79 Å². The van der Waals surface area contributed by atoms with Crippen LogP contribution in [0.2, 0.25) is 0 Å². The maximum absolute atomic E-state index is 11.6. The number of anilines is 1. The lowest BCUT2D eigenvalue weighted by atomic mass is 10.2. The van der Waals surface area contributed by atoms with Gasteiger partial charge in [-0.2, -0.15) is 0 Å². The fourth-order valence-corrected chi connectivity index (χ4v) is 2.26. The van der Waals surface area contributed by atoms with Gasteiger partial charge in [-0.3, -0.25) is 4.79 Å². The standard InChI is InChI=1S/C11H16BrN3O2S/c1-11(2,3)17-8(16)6-18-9-7(12)5-14-10(13-4)15-9/h5H,6H2,1-4H3,(H,13,14,15). The van der Waals surface area contributed by atoms with E-state index in [-0.39, 0.29) is 11.7 Å². The Hall–Kier alpha value is -0.820. The van der Waals surface area contributed by atoms with Crippen LogP contribution in [0.15, 0.2) is 15.7 Å². The molecule has 0 fully saturated rings. The van der Waals surface area contributed by atoms with Crippen molar-refractivity contribution in [3.63, 3.8) is 0 Å². The number of carbonyl (C=O) groups excluding carboxylic acids is 1. The molecular formula is C11H16BrN3O2S. The molecule has 1 heterocycles. The molecule has 5 nitrogen and oxygen atoms in total. The van der Waals surface area contributed by atoms with Crippen LogP contribution in [-0.4, -0.2) is 34.3 Å². The van der Waals surface area contributed by atoms with Gasteiger partial charge in [-0.25, -0.2) is 9.97 Å². The summed E-state index contributed by atoms with van der Waals surface area (Å²) in [7, 11) is 1.74. The molecule has 0 aliphatic rings. The van der Waals surface area contributed by atoms with Crippen LogP contribution in [0.4, 0.5) is 5.95 Å². The lowest BCUT2D eigenvalue weighted by Crippen LogP contribution is -2.24. The summed E-state index contributed by atoms with van der Waals surface area (Å²) >= 11 is 4.66. The van der Waals surface area contributed by atoms with Crippen molar-refractivity contribution < 1.29 is 9.53 Å². The summed E-state index contributed by atoms with van der Waals surface area (Å²) in [4.78, 5) is 19.9. The first-order chi connectivity index (χ1) is 8.31. The van der Waals surface area contributed by atoms with E-state index in [4.69, 9.17) is 4.74 Å². The van der Waals surface area contributed by atoms with Gasteiger partial charge in [0.1, 0.15) is 10.6 Å². The first kappa shape index (κ1) is 15.2. The van der Waals surface area contributed by atoms with Gasteiger partial charge < -0.3 is 10.1 Å². The Morgan fingerprint density at radius 1 is 1.56 bits per heavy atom. The zero-order chi connectivity index (χ0) is 13.8. The third-order valence-electron chi connectivity index (χ3n) is 1.68. The van der Waals surface area contributed by atoms with E-state index in [1.807, 2.05) is 20.8 Å². The number of nitrogens with one attached hydrogen (secondary N) is 1. The summed E-state index contributed by atoms with van der Waals surface area (Å²) in [5, 5.41) is 3.56. The number of halogens is 1. The molecule has 100 valence electrons. The molecule has 1 N–H and O–H groups in total. The highest BCUT2D eigenvalue weighted by Gasteiger charge is 2.17. The molecule has 0 saturated carbocycles. The Balaban J connectivity index is 2.60. The number of esters is 1. The van der Waals surface area contributed by atoms with E-state index in [0.717, 1.165) is 4.47 Å². The molecule has 0 aromatic carbocycles. The SMILES string of the molecule is CNc1ncc(Br)c(SCC(=O)OC(C)(C)C)n1. The van der Waals surface area contributed by atoms with Gasteiger partial charge in [-0.15, -0.1) is 0 Å². The second-order valence-corrected chi connectivity index (χ2v) is 6.29. The lowest BCUT2D eigenvalue weighted by molar-refractivity contribution is -0.151. The highest BCUT2D eigenvalue weighted by molar-refractivity contribution is 9.10.